The minimum absolute atomic E-state index is 0.0236. The number of hydrogen-bond acceptors (Lipinski definition) is 1. The van der Waals surface area contributed by atoms with Crippen LogP contribution in [-0.4, -0.2) is 5.91 Å². The number of anilines is 1. The van der Waals surface area contributed by atoms with E-state index in [0.717, 1.165) is 5.69 Å². The average Bonchev–Trinajstić information content (AvgIpc) is 2.52. The predicted octanol–water partition coefficient (Wildman–Crippen LogP) is 4.86. The zero-order valence-electron chi connectivity index (χ0n) is 12.0. The molecule has 1 aliphatic carbocycles. The molecular weight excluding hydrogens is 234 g/mol. The fraction of sp³-hybridized carbons (Fsp3) is 0.588. The SMILES string of the molecule is CC(=O)Nc1ccccc1C1CCCCCCCC1. The van der Waals surface area contributed by atoms with E-state index in [2.05, 4.69) is 17.4 Å². The van der Waals surface area contributed by atoms with Gasteiger partial charge in [-0.05, 0) is 30.4 Å². The number of nitrogens with one attached hydrogen (secondary N) is 1. The molecule has 0 unspecified atom stereocenters. The van der Waals surface area contributed by atoms with Crippen LogP contribution < -0.4 is 5.32 Å². The highest BCUT2D eigenvalue weighted by molar-refractivity contribution is 5.89. The summed E-state index contributed by atoms with van der Waals surface area (Å²) in [4.78, 5) is 11.3. The Bertz CT molecular complexity index is 403. The lowest BCUT2D eigenvalue weighted by molar-refractivity contribution is -0.114. The largest absolute Gasteiger partial charge is 0.326 e. The summed E-state index contributed by atoms with van der Waals surface area (Å²) in [7, 11) is 0. The zero-order valence-corrected chi connectivity index (χ0v) is 12.0. The van der Waals surface area contributed by atoms with Crippen molar-refractivity contribution in [1.29, 1.82) is 0 Å². The van der Waals surface area contributed by atoms with E-state index in [-0.39, 0.29) is 5.91 Å². The first kappa shape index (κ1) is 14.1. The molecule has 0 saturated heterocycles. The van der Waals surface area contributed by atoms with E-state index < -0.39 is 0 Å². The van der Waals surface area contributed by atoms with Crippen LogP contribution in [0.15, 0.2) is 24.3 Å². The Labute approximate surface area is 116 Å². The third-order valence-corrected chi connectivity index (χ3v) is 4.07. The fourth-order valence-electron chi connectivity index (χ4n) is 3.10. The lowest BCUT2D eigenvalue weighted by atomic mass is 9.88. The van der Waals surface area contributed by atoms with Gasteiger partial charge in [-0.1, -0.05) is 56.7 Å². The molecule has 1 amide bonds. The van der Waals surface area contributed by atoms with Crippen LogP contribution in [0.3, 0.4) is 0 Å². The highest BCUT2D eigenvalue weighted by atomic mass is 16.1. The van der Waals surface area contributed by atoms with Crippen LogP contribution in [0, 0.1) is 0 Å². The summed E-state index contributed by atoms with van der Waals surface area (Å²) in [5.74, 6) is 0.636. The lowest BCUT2D eigenvalue weighted by Gasteiger charge is -2.20. The van der Waals surface area contributed by atoms with Crippen molar-refractivity contribution in [2.75, 3.05) is 5.32 Å². The fourth-order valence-corrected chi connectivity index (χ4v) is 3.10. The minimum Gasteiger partial charge on any atom is -0.326 e. The quantitative estimate of drug-likeness (QED) is 0.807. The van der Waals surface area contributed by atoms with Crippen molar-refractivity contribution in [2.24, 2.45) is 0 Å². The number of hydrogen-bond donors (Lipinski definition) is 1. The highest BCUT2D eigenvalue weighted by Gasteiger charge is 2.16. The van der Waals surface area contributed by atoms with Crippen LogP contribution >= 0.6 is 0 Å². The van der Waals surface area contributed by atoms with Crippen molar-refractivity contribution in [3.63, 3.8) is 0 Å². The van der Waals surface area contributed by atoms with E-state index in [0.29, 0.717) is 5.92 Å². The Kier molecular flexibility index (Phi) is 5.44. The molecule has 1 saturated carbocycles. The van der Waals surface area contributed by atoms with Crippen molar-refractivity contribution in [2.45, 2.75) is 64.2 Å². The Balaban J connectivity index is 2.15. The molecule has 0 spiro atoms. The molecule has 0 bridgehead atoms. The lowest BCUT2D eigenvalue weighted by Crippen LogP contribution is -2.10. The van der Waals surface area contributed by atoms with Crippen LogP contribution in [0.5, 0.6) is 0 Å². The molecule has 0 atom stereocenters. The molecule has 1 aromatic carbocycles. The average molecular weight is 259 g/mol. The summed E-state index contributed by atoms with van der Waals surface area (Å²) >= 11 is 0. The predicted molar refractivity (Wildman–Crippen MR) is 80.4 cm³/mol. The molecule has 0 aromatic heterocycles. The van der Waals surface area contributed by atoms with E-state index in [4.69, 9.17) is 0 Å². The van der Waals surface area contributed by atoms with Gasteiger partial charge >= 0.3 is 0 Å². The summed E-state index contributed by atoms with van der Waals surface area (Å²) in [5.41, 5.74) is 2.35. The third kappa shape index (κ3) is 4.38. The zero-order chi connectivity index (χ0) is 13.5. The first-order chi connectivity index (χ1) is 9.27. The third-order valence-electron chi connectivity index (χ3n) is 4.07. The minimum atomic E-state index is 0.0236. The molecule has 1 aromatic rings. The molecule has 2 nitrogen and oxygen atoms in total. The standard InChI is InChI=1S/C17H25NO/c1-14(19)18-17-13-9-8-12-16(17)15-10-6-4-2-3-5-7-11-15/h8-9,12-13,15H,2-7,10-11H2,1H3,(H,18,19). The molecule has 2 heteroatoms. The second kappa shape index (κ2) is 7.32. The van der Waals surface area contributed by atoms with Gasteiger partial charge in [0, 0.05) is 12.6 Å². The van der Waals surface area contributed by atoms with Gasteiger partial charge in [-0.25, -0.2) is 0 Å². The van der Waals surface area contributed by atoms with Crippen LogP contribution in [0.1, 0.15) is 69.8 Å². The smallest absolute Gasteiger partial charge is 0.221 e. The number of para-hydroxylation sites is 1. The maximum Gasteiger partial charge on any atom is 0.221 e. The van der Waals surface area contributed by atoms with E-state index >= 15 is 0 Å². The van der Waals surface area contributed by atoms with Crippen molar-refractivity contribution in [3.05, 3.63) is 29.8 Å². The van der Waals surface area contributed by atoms with E-state index in [1.54, 1.807) is 6.92 Å². The number of carbonyl (C=O) groups is 1. The maximum atomic E-state index is 11.3. The van der Waals surface area contributed by atoms with E-state index in [1.807, 2.05) is 12.1 Å². The molecule has 1 aliphatic rings. The number of amides is 1. The number of carbonyl (C=O) groups excluding carboxylic acids is 1. The summed E-state index contributed by atoms with van der Waals surface area (Å²) in [6.07, 6.45) is 10.7. The molecule has 1 fully saturated rings. The van der Waals surface area contributed by atoms with Gasteiger partial charge in [-0.2, -0.15) is 0 Å². The number of rotatable bonds is 2. The van der Waals surface area contributed by atoms with Gasteiger partial charge in [0.2, 0.25) is 5.91 Å². The molecule has 0 radical (unpaired) electrons. The summed E-state index contributed by atoms with van der Waals surface area (Å²) < 4.78 is 0. The van der Waals surface area contributed by atoms with Crippen LogP contribution in [0.2, 0.25) is 0 Å². The van der Waals surface area contributed by atoms with Gasteiger partial charge in [-0.3, -0.25) is 4.79 Å². The Morgan fingerprint density at radius 3 is 2.21 bits per heavy atom. The number of benzene rings is 1. The van der Waals surface area contributed by atoms with E-state index in [9.17, 15) is 4.79 Å². The normalized spacial score (nSPS) is 18.2. The van der Waals surface area contributed by atoms with Gasteiger partial charge in [-0.15, -0.1) is 0 Å². The Morgan fingerprint density at radius 1 is 1.00 bits per heavy atom. The van der Waals surface area contributed by atoms with Gasteiger partial charge in [0.1, 0.15) is 0 Å². The van der Waals surface area contributed by atoms with Gasteiger partial charge in [0.25, 0.3) is 0 Å². The second-order valence-electron chi connectivity index (χ2n) is 5.66. The summed E-state index contributed by atoms with van der Waals surface area (Å²) in [6.45, 7) is 1.58. The van der Waals surface area contributed by atoms with Crippen molar-refractivity contribution in [1.82, 2.24) is 0 Å². The topological polar surface area (TPSA) is 29.1 Å². The van der Waals surface area contributed by atoms with Gasteiger partial charge in [0.05, 0.1) is 0 Å². The van der Waals surface area contributed by atoms with E-state index in [1.165, 1.54) is 56.9 Å². The maximum absolute atomic E-state index is 11.3. The Morgan fingerprint density at radius 2 is 1.58 bits per heavy atom. The van der Waals surface area contributed by atoms with Crippen molar-refractivity contribution >= 4 is 11.6 Å². The molecule has 0 heterocycles. The molecule has 1 N–H and O–H groups in total. The van der Waals surface area contributed by atoms with Gasteiger partial charge in [0.15, 0.2) is 0 Å². The summed E-state index contributed by atoms with van der Waals surface area (Å²) in [5, 5.41) is 2.98. The second-order valence-corrected chi connectivity index (χ2v) is 5.66. The van der Waals surface area contributed by atoms with Crippen LogP contribution in [0.25, 0.3) is 0 Å². The van der Waals surface area contributed by atoms with Gasteiger partial charge < -0.3 is 5.32 Å². The summed E-state index contributed by atoms with van der Waals surface area (Å²) in [6, 6.07) is 8.31. The molecular formula is C17H25NO. The first-order valence-corrected chi connectivity index (χ1v) is 7.64. The molecule has 19 heavy (non-hydrogen) atoms. The molecule has 0 aliphatic heterocycles. The first-order valence-electron chi connectivity index (χ1n) is 7.64. The molecule has 104 valence electrons. The Hall–Kier alpha value is -1.31. The van der Waals surface area contributed by atoms with Crippen molar-refractivity contribution < 1.29 is 4.79 Å². The van der Waals surface area contributed by atoms with Crippen LogP contribution in [-0.2, 0) is 4.79 Å². The highest BCUT2D eigenvalue weighted by Crippen LogP contribution is 2.34. The molecule has 2 rings (SSSR count). The monoisotopic (exact) mass is 259 g/mol. The van der Waals surface area contributed by atoms with Crippen molar-refractivity contribution in [3.8, 4) is 0 Å². The van der Waals surface area contributed by atoms with Crippen LogP contribution in [0.4, 0.5) is 5.69 Å².